The quantitative estimate of drug-likeness (QED) is 0.654. The average Bonchev–Trinajstić information content (AvgIpc) is 2.91. The molecule has 0 fully saturated rings. The van der Waals surface area contributed by atoms with Crippen LogP contribution in [0, 0.1) is 0 Å². The van der Waals surface area contributed by atoms with Crippen molar-refractivity contribution >= 4 is 38.3 Å². The Balaban J connectivity index is 2.26. The van der Waals surface area contributed by atoms with Crippen molar-refractivity contribution in [3.05, 3.63) is 39.3 Å². The van der Waals surface area contributed by atoms with Crippen LogP contribution >= 0.6 is 27.3 Å². The summed E-state index contributed by atoms with van der Waals surface area (Å²) in [6.07, 6.45) is -1.19. The first-order valence-electron chi connectivity index (χ1n) is 5.24. The second kappa shape index (κ2) is 4.35. The van der Waals surface area contributed by atoms with Gasteiger partial charge in [-0.25, -0.2) is 4.98 Å². The van der Waals surface area contributed by atoms with Gasteiger partial charge in [0.2, 0.25) is 0 Å². The van der Waals surface area contributed by atoms with Crippen molar-refractivity contribution < 1.29 is 13.2 Å². The molecule has 0 aliphatic carbocycles. The SMILES string of the molecule is FC(F)(F)c1sccc1-c1c[nH]c2ncc(Br)cc12. The molecule has 3 rings (SSSR count). The number of halogens is 4. The number of aromatic amines is 1. The number of nitrogens with one attached hydrogen (secondary N) is 1. The zero-order chi connectivity index (χ0) is 13.6. The maximum Gasteiger partial charge on any atom is 0.426 e. The molecule has 0 saturated heterocycles. The summed E-state index contributed by atoms with van der Waals surface area (Å²) in [5, 5.41) is 2.11. The van der Waals surface area contributed by atoms with Crippen LogP contribution in [-0.2, 0) is 6.18 Å². The van der Waals surface area contributed by atoms with E-state index in [0.717, 1.165) is 4.47 Å². The minimum Gasteiger partial charge on any atom is -0.346 e. The van der Waals surface area contributed by atoms with Crippen molar-refractivity contribution in [3.63, 3.8) is 0 Å². The normalized spacial score (nSPS) is 12.2. The highest BCUT2D eigenvalue weighted by atomic mass is 79.9. The number of nitrogens with zero attached hydrogens (tertiary/aromatic N) is 1. The molecule has 3 aromatic heterocycles. The third kappa shape index (κ3) is 2.17. The van der Waals surface area contributed by atoms with E-state index in [4.69, 9.17) is 0 Å². The first-order chi connectivity index (χ1) is 8.97. The average molecular weight is 347 g/mol. The van der Waals surface area contributed by atoms with E-state index in [0.29, 0.717) is 27.9 Å². The van der Waals surface area contributed by atoms with E-state index in [1.54, 1.807) is 18.5 Å². The van der Waals surface area contributed by atoms with Gasteiger partial charge in [0.15, 0.2) is 0 Å². The van der Waals surface area contributed by atoms with Gasteiger partial charge in [-0.3, -0.25) is 0 Å². The Morgan fingerprint density at radius 1 is 1.26 bits per heavy atom. The highest BCUT2D eigenvalue weighted by molar-refractivity contribution is 9.10. The maximum atomic E-state index is 12.9. The number of thiophene rings is 1. The van der Waals surface area contributed by atoms with Crippen LogP contribution in [0.15, 0.2) is 34.4 Å². The molecule has 0 unspecified atom stereocenters. The van der Waals surface area contributed by atoms with Crippen LogP contribution < -0.4 is 0 Å². The summed E-state index contributed by atoms with van der Waals surface area (Å²) in [4.78, 5) is 6.42. The molecular formula is C12H6BrF3N2S. The van der Waals surface area contributed by atoms with Crippen LogP contribution in [0.1, 0.15) is 4.88 Å². The number of rotatable bonds is 1. The molecule has 0 radical (unpaired) electrons. The third-order valence-corrected chi connectivity index (χ3v) is 4.10. The third-order valence-electron chi connectivity index (χ3n) is 2.71. The predicted molar refractivity (Wildman–Crippen MR) is 72.1 cm³/mol. The second-order valence-electron chi connectivity index (χ2n) is 3.91. The minimum atomic E-state index is -4.34. The molecule has 0 aromatic carbocycles. The summed E-state index contributed by atoms with van der Waals surface area (Å²) in [5.41, 5.74) is 1.26. The molecule has 2 nitrogen and oxygen atoms in total. The second-order valence-corrected chi connectivity index (χ2v) is 5.75. The van der Waals surface area contributed by atoms with Crippen LogP contribution in [-0.4, -0.2) is 9.97 Å². The van der Waals surface area contributed by atoms with Gasteiger partial charge in [-0.15, -0.1) is 11.3 Å². The van der Waals surface area contributed by atoms with Crippen molar-refractivity contribution in [3.8, 4) is 11.1 Å². The molecule has 3 heterocycles. The number of alkyl halides is 3. The molecule has 19 heavy (non-hydrogen) atoms. The van der Waals surface area contributed by atoms with Gasteiger partial charge in [-0.1, -0.05) is 0 Å². The zero-order valence-corrected chi connectivity index (χ0v) is 11.7. The Morgan fingerprint density at radius 3 is 2.79 bits per heavy atom. The van der Waals surface area contributed by atoms with E-state index in [9.17, 15) is 13.2 Å². The molecule has 0 bridgehead atoms. The summed E-state index contributed by atoms with van der Waals surface area (Å²) in [6, 6.07) is 3.24. The molecule has 0 spiro atoms. The van der Waals surface area contributed by atoms with Crippen LogP contribution in [0.4, 0.5) is 13.2 Å². The fourth-order valence-corrected chi connectivity index (χ4v) is 3.05. The summed E-state index contributed by atoms with van der Waals surface area (Å²) in [6.45, 7) is 0. The summed E-state index contributed by atoms with van der Waals surface area (Å²) in [7, 11) is 0. The monoisotopic (exact) mass is 346 g/mol. The van der Waals surface area contributed by atoms with Gasteiger partial charge in [0, 0.05) is 33.4 Å². The number of hydrogen-bond donors (Lipinski definition) is 1. The maximum absolute atomic E-state index is 12.9. The van der Waals surface area contributed by atoms with E-state index in [1.807, 2.05) is 0 Å². The van der Waals surface area contributed by atoms with E-state index >= 15 is 0 Å². The molecule has 0 aliphatic heterocycles. The van der Waals surface area contributed by atoms with E-state index < -0.39 is 11.1 Å². The van der Waals surface area contributed by atoms with Crippen molar-refractivity contribution in [2.45, 2.75) is 6.18 Å². The van der Waals surface area contributed by atoms with Gasteiger partial charge in [0.25, 0.3) is 0 Å². The lowest BCUT2D eigenvalue weighted by Crippen LogP contribution is -2.03. The van der Waals surface area contributed by atoms with Gasteiger partial charge in [0.05, 0.1) is 0 Å². The molecule has 98 valence electrons. The molecule has 3 aromatic rings. The van der Waals surface area contributed by atoms with Crippen molar-refractivity contribution in [2.24, 2.45) is 0 Å². The summed E-state index contributed by atoms with van der Waals surface area (Å²) < 4.78 is 39.5. The first kappa shape index (κ1) is 12.7. The molecule has 7 heteroatoms. The smallest absolute Gasteiger partial charge is 0.346 e. The molecule has 0 amide bonds. The van der Waals surface area contributed by atoms with E-state index in [2.05, 4.69) is 25.9 Å². The Morgan fingerprint density at radius 2 is 2.05 bits per heavy atom. The number of fused-ring (bicyclic) bond motifs is 1. The Kier molecular flexibility index (Phi) is 2.90. The standard InChI is InChI=1S/C12H6BrF3N2S/c13-6-3-8-9(5-18-11(8)17-4-6)7-1-2-19-10(7)12(14,15)16/h1-5H,(H,17,18). The van der Waals surface area contributed by atoms with Gasteiger partial charge in [0.1, 0.15) is 10.5 Å². The van der Waals surface area contributed by atoms with Gasteiger partial charge >= 0.3 is 6.18 Å². The van der Waals surface area contributed by atoms with E-state index in [1.165, 1.54) is 11.4 Å². The molecule has 1 N–H and O–H groups in total. The topological polar surface area (TPSA) is 28.7 Å². The fourth-order valence-electron chi connectivity index (χ4n) is 1.94. The lowest BCUT2D eigenvalue weighted by atomic mass is 10.1. The number of hydrogen-bond acceptors (Lipinski definition) is 2. The van der Waals surface area contributed by atoms with Crippen LogP contribution in [0.25, 0.3) is 22.2 Å². The van der Waals surface area contributed by atoms with Crippen molar-refractivity contribution in [1.29, 1.82) is 0 Å². The largest absolute Gasteiger partial charge is 0.426 e. The number of aromatic nitrogens is 2. The fraction of sp³-hybridized carbons (Fsp3) is 0.0833. The Hall–Kier alpha value is -1.34. The van der Waals surface area contributed by atoms with Gasteiger partial charge in [-0.2, -0.15) is 13.2 Å². The molecular weight excluding hydrogens is 341 g/mol. The van der Waals surface area contributed by atoms with Crippen LogP contribution in [0.3, 0.4) is 0 Å². The highest BCUT2D eigenvalue weighted by Gasteiger charge is 2.35. The van der Waals surface area contributed by atoms with Crippen molar-refractivity contribution in [2.75, 3.05) is 0 Å². The van der Waals surface area contributed by atoms with Crippen molar-refractivity contribution in [1.82, 2.24) is 9.97 Å². The zero-order valence-electron chi connectivity index (χ0n) is 9.25. The molecule has 0 saturated carbocycles. The lowest BCUT2D eigenvalue weighted by molar-refractivity contribution is -0.133. The number of pyridine rings is 1. The van der Waals surface area contributed by atoms with Crippen LogP contribution in [0.5, 0.6) is 0 Å². The molecule has 0 atom stereocenters. The van der Waals surface area contributed by atoms with Gasteiger partial charge in [-0.05, 0) is 33.4 Å². The Labute approximate surface area is 118 Å². The summed E-state index contributed by atoms with van der Waals surface area (Å²) >= 11 is 3.97. The van der Waals surface area contributed by atoms with Crippen LogP contribution in [0.2, 0.25) is 0 Å². The number of H-pyrrole nitrogens is 1. The predicted octanol–water partition coefficient (Wildman–Crippen LogP) is 5.07. The first-order valence-corrected chi connectivity index (χ1v) is 6.92. The summed E-state index contributed by atoms with van der Waals surface area (Å²) in [5.74, 6) is 0. The molecule has 0 aliphatic rings. The minimum absolute atomic E-state index is 0.184. The lowest BCUT2D eigenvalue weighted by Gasteiger charge is -2.06. The Bertz CT molecular complexity index is 745. The highest BCUT2D eigenvalue weighted by Crippen LogP contribution is 2.42. The van der Waals surface area contributed by atoms with E-state index in [-0.39, 0.29) is 5.56 Å². The van der Waals surface area contributed by atoms with Gasteiger partial charge < -0.3 is 4.98 Å².